The van der Waals surface area contributed by atoms with E-state index in [1.165, 1.54) is 0 Å². The SMILES string of the molecule is COc1cccc(CO)c1S. The van der Waals surface area contributed by atoms with Crippen molar-refractivity contribution in [1.82, 2.24) is 0 Å². The van der Waals surface area contributed by atoms with Gasteiger partial charge in [0.25, 0.3) is 0 Å². The van der Waals surface area contributed by atoms with Crippen LogP contribution in [0, 0.1) is 0 Å². The van der Waals surface area contributed by atoms with E-state index in [4.69, 9.17) is 9.84 Å². The van der Waals surface area contributed by atoms with Crippen LogP contribution in [0.1, 0.15) is 5.56 Å². The van der Waals surface area contributed by atoms with Crippen LogP contribution < -0.4 is 4.74 Å². The van der Waals surface area contributed by atoms with Gasteiger partial charge in [0.05, 0.1) is 18.6 Å². The van der Waals surface area contributed by atoms with Crippen LogP contribution >= 0.6 is 12.6 Å². The van der Waals surface area contributed by atoms with E-state index < -0.39 is 0 Å². The number of aliphatic hydroxyl groups excluding tert-OH is 1. The maximum Gasteiger partial charge on any atom is 0.132 e. The van der Waals surface area contributed by atoms with Gasteiger partial charge in [0, 0.05) is 0 Å². The van der Waals surface area contributed by atoms with Gasteiger partial charge in [0.15, 0.2) is 0 Å². The van der Waals surface area contributed by atoms with Crippen LogP contribution in [0.2, 0.25) is 0 Å². The molecule has 0 atom stereocenters. The van der Waals surface area contributed by atoms with E-state index in [2.05, 4.69) is 12.6 Å². The Morgan fingerprint density at radius 3 is 2.82 bits per heavy atom. The van der Waals surface area contributed by atoms with E-state index in [0.29, 0.717) is 10.6 Å². The summed E-state index contributed by atoms with van der Waals surface area (Å²) in [5.41, 5.74) is 0.785. The highest BCUT2D eigenvalue weighted by Crippen LogP contribution is 2.25. The van der Waals surface area contributed by atoms with Crippen LogP contribution in [-0.2, 0) is 6.61 Å². The molecule has 2 nitrogen and oxygen atoms in total. The van der Waals surface area contributed by atoms with Crippen LogP contribution in [0.5, 0.6) is 5.75 Å². The Kier molecular flexibility index (Phi) is 2.79. The van der Waals surface area contributed by atoms with Crippen molar-refractivity contribution < 1.29 is 9.84 Å². The van der Waals surface area contributed by atoms with Crippen LogP contribution in [0.25, 0.3) is 0 Å². The zero-order chi connectivity index (χ0) is 8.27. The zero-order valence-electron chi connectivity index (χ0n) is 6.24. The van der Waals surface area contributed by atoms with Gasteiger partial charge in [-0.05, 0) is 11.6 Å². The molecule has 0 radical (unpaired) electrons. The lowest BCUT2D eigenvalue weighted by Gasteiger charge is -2.06. The Morgan fingerprint density at radius 1 is 1.55 bits per heavy atom. The summed E-state index contributed by atoms with van der Waals surface area (Å²) in [6, 6.07) is 5.44. The van der Waals surface area contributed by atoms with Gasteiger partial charge in [0.2, 0.25) is 0 Å². The molecule has 0 saturated carbocycles. The van der Waals surface area contributed by atoms with E-state index in [9.17, 15) is 0 Å². The summed E-state index contributed by atoms with van der Waals surface area (Å²) in [5.74, 6) is 0.694. The second kappa shape index (κ2) is 3.64. The first-order valence-electron chi connectivity index (χ1n) is 3.25. The fourth-order valence-corrected chi connectivity index (χ4v) is 1.17. The molecule has 0 aliphatic carbocycles. The Balaban J connectivity index is 3.10. The molecule has 0 unspecified atom stereocenters. The van der Waals surface area contributed by atoms with Crippen molar-refractivity contribution in [1.29, 1.82) is 0 Å². The second-order valence-corrected chi connectivity index (χ2v) is 2.57. The maximum atomic E-state index is 8.83. The van der Waals surface area contributed by atoms with Crippen molar-refractivity contribution in [3.63, 3.8) is 0 Å². The summed E-state index contributed by atoms with van der Waals surface area (Å²) in [5, 5.41) is 8.83. The minimum Gasteiger partial charge on any atom is -0.496 e. The molecule has 60 valence electrons. The largest absolute Gasteiger partial charge is 0.496 e. The molecule has 0 saturated heterocycles. The lowest BCUT2D eigenvalue weighted by atomic mass is 10.2. The van der Waals surface area contributed by atoms with E-state index in [-0.39, 0.29) is 6.61 Å². The third-order valence-electron chi connectivity index (χ3n) is 1.47. The molecular weight excluding hydrogens is 160 g/mol. The molecule has 0 fully saturated rings. The number of hydrogen-bond donors (Lipinski definition) is 2. The molecule has 1 N–H and O–H groups in total. The predicted octanol–water partition coefficient (Wildman–Crippen LogP) is 1.48. The van der Waals surface area contributed by atoms with Crippen LogP contribution in [0.15, 0.2) is 23.1 Å². The number of methoxy groups -OCH3 is 1. The number of benzene rings is 1. The minimum absolute atomic E-state index is 0.00394. The second-order valence-electron chi connectivity index (χ2n) is 2.13. The van der Waals surface area contributed by atoms with Crippen molar-refractivity contribution in [3.8, 4) is 5.75 Å². The summed E-state index contributed by atoms with van der Waals surface area (Å²) >= 11 is 4.19. The highest BCUT2D eigenvalue weighted by atomic mass is 32.1. The zero-order valence-corrected chi connectivity index (χ0v) is 7.14. The summed E-state index contributed by atoms with van der Waals surface area (Å²) in [7, 11) is 1.58. The fraction of sp³-hybridized carbons (Fsp3) is 0.250. The van der Waals surface area contributed by atoms with Gasteiger partial charge in [-0.25, -0.2) is 0 Å². The van der Waals surface area contributed by atoms with Gasteiger partial charge in [-0.1, -0.05) is 12.1 Å². The van der Waals surface area contributed by atoms with Crippen molar-refractivity contribution in [2.24, 2.45) is 0 Å². The number of hydrogen-bond acceptors (Lipinski definition) is 3. The standard InChI is InChI=1S/C8H10O2S/c1-10-7-4-2-3-6(5-9)8(7)11/h2-4,9,11H,5H2,1H3. The summed E-state index contributed by atoms with van der Waals surface area (Å²) in [4.78, 5) is 0.706. The summed E-state index contributed by atoms with van der Waals surface area (Å²) in [6.45, 7) is -0.00394. The summed E-state index contributed by atoms with van der Waals surface area (Å²) in [6.07, 6.45) is 0. The molecule has 0 aromatic heterocycles. The Morgan fingerprint density at radius 2 is 2.27 bits per heavy atom. The van der Waals surface area contributed by atoms with E-state index >= 15 is 0 Å². The molecule has 0 bridgehead atoms. The molecule has 0 amide bonds. The first kappa shape index (κ1) is 8.43. The lowest BCUT2D eigenvalue weighted by Crippen LogP contribution is -1.90. The van der Waals surface area contributed by atoms with E-state index in [0.717, 1.165) is 5.56 Å². The van der Waals surface area contributed by atoms with Gasteiger partial charge in [-0.15, -0.1) is 12.6 Å². The monoisotopic (exact) mass is 170 g/mol. The molecule has 0 aliphatic heterocycles. The molecule has 1 rings (SSSR count). The van der Waals surface area contributed by atoms with Crippen molar-refractivity contribution in [2.45, 2.75) is 11.5 Å². The Labute approximate surface area is 71.2 Å². The molecule has 0 spiro atoms. The number of rotatable bonds is 2. The van der Waals surface area contributed by atoms with Crippen molar-refractivity contribution >= 4 is 12.6 Å². The van der Waals surface area contributed by atoms with Crippen LogP contribution in [0.3, 0.4) is 0 Å². The number of ether oxygens (including phenoxy) is 1. The fourth-order valence-electron chi connectivity index (χ4n) is 0.860. The number of aliphatic hydroxyl groups is 1. The topological polar surface area (TPSA) is 29.5 Å². The highest BCUT2D eigenvalue weighted by molar-refractivity contribution is 7.80. The molecule has 1 aromatic rings. The summed E-state index contributed by atoms with van der Waals surface area (Å²) < 4.78 is 5.00. The van der Waals surface area contributed by atoms with Crippen molar-refractivity contribution in [3.05, 3.63) is 23.8 Å². The van der Waals surface area contributed by atoms with Crippen molar-refractivity contribution in [2.75, 3.05) is 7.11 Å². The van der Waals surface area contributed by atoms with Crippen LogP contribution in [0.4, 0.5) is 0 Å². The maximum absolute atomic E-state index is 8.83. The van der Waals surface area contributed by atoms with Crippen LogP contribution in [-0.4, -0.2) is 12.2 Å². The molecule has 11 heavy (non-hydrogen) atoms. The average molecular weight is 170 g/mol. The first-order valence-corrected chi connectivity index (χ1v) is 3.70. The number of thiol groups is 1. The minimum atomic E-state index is -0.00394. The Hall–Kier alpha value is -0.670. The quantitative estimate of drug-likeness (QED) is 0.658. The van der Waals surface area contributed by atoms with Gasteiger partial charge >= 0.3 is 0 Å². The van der Waals surface area contributed by atoms with Gasteiger partial charge in [-0.2, -0.15) is 0 Å². The van der Waals surface area contributed by atoms with Gasteiger partial charge < -0.3 is 9.84 Å². The third kappa shape index (κ3) is 1.67. The average Bonchev–Trinajstić information content (AvgIpc) is 2.05. The molecule has 0 aliphatic rings. The van der Waals surface area contributed by atoms with E-state index in [1.807, 2.05) is 18.2 Å². The third-order valence-corrected chi connectivity index (χ3v) is 1.98. The van der Waals surface area contributed by atoms with E-state index in [1.54, 1.807) is 7.11 Å². The predicted molar refractivity (Wildman–Crippen MR) is 46.2 cm³/mol. The molecular formula is C8H10O2S. The molecule has 3 heteroatoms. The smallest absolute Gasteiger partial charge is 0.132 e. The normalized spacial score (nSPS) is 9.73. The van der Waals surface area contributed by atoms with Gasteiger partial charge in [0.1, 0.15) is 5.75 Å². The highest BCUT2D eigenvalue weighted by Gasteiger charge is 2.02. The van der Waals surface area contributed by atoms with Gasteiger partial charge in [-0.3, -0.25) is 0 Å². The Bertz CT molecular complexity index is 226. The first-order chi connectivity index (χ1) is 5.29. The molecule has 1 aromatic carbocycles. The lowest BCUT2D eigenvalue weighted by molar-refractivity contribution is 0.277. The molecule has 0 heterocycles.